The molecule has 2 aromatic carbocycles. The maximum Gasteiger partial charge on any atom is 0.253 e. The summed E-state index contributed by atoms with van der Waals surface area (Å²) < 4.78 is 10.6. The highest BCUT2D eigenvalue weighted by Crippen LogP contribution is 2.27. The van der Waals surface area contributed by atoms with Gasteiger partial charge in [0.05, 0.1) is 14.2 Å². The number of methoxy groups -OCH3 is 2. The van der Waals surface area contributed by atoms with Crippen molar-refractivity contribution in [3.8, 4) is 11.5 Å². The Morgan fingerprint density at radius 1 is 0.966 bits per heavy atom. The molecule has 2 rings (SSSR count). The van der Waals surface area contributed by atoms with E-state index in [-0.39, 0.29) is 5.91 Å². The van der Waals surface area contributed by atoms with Gasteiger partial charge in [-0.25, -0.2) is 0 Å². The third-order valence-electron chi connectivity index (χ3n) is 4.44. The minimum Gasteiger partial charge on any atom is -0.493 e. The number of carbonyl (C=O) groups is 1. The fraction of sp³-hybridized carbons (Fsp3) is 0.364. The van der Waals surface area contributed by atoms with Crippen LogP contribution in [-0.4, -0.2) is 58.7 Å². The zero-order valence-electron chi connectivity index (χ0n) is 17.8. The molecule has 0 aliphatic heterocycles. The number of nitrogens with zero attached hydrogens (tertiary/aromatic N) is 2. The van der Waals surface area contributed by atoms with E-state index < -0.39 is 0 Å². The van der Waals surface area contributed by atoms with Crippen molar-refractivity contribution in [2.75, 3.05) is 41.9 Å². The second-order valence-corrected chi connectivity index (χ2v) is 6.69. The van der Waals surface area contributed by atoms with Gasteiger partial charge in [-0.2, -0.15) is 0 Å². The predicted molar refractivity (Wildman–Crippen MR) is 116 cm³/mol. The first-order valence-corrected chi connectivity index (χ1v) is 9.44. The topological polar surface area (TPSA) is 75.2 Å². The lowest BCUT2D eigenvalue weighted by Gasteiger charge is -2.14. The van der Waals surface area contributed by atoms with Gasteiger partial charge in [0.15, 0.2) is 17.5 Å². The normalized spacial score (nSPS) is 11.0. The summed E-state index contributed by atoms with van der Waals surface area (Å²) in [5, 5.41) is 6.59. The van der Waals surface area contributed by atoms with E-state index in [2.05, 4.69) is 15.6 Å². The predicted octanol–water partition coefficient (Wildman–Crippen LogP) is 2.31. The molecular weight excluding hydrogens is 368 g/mol. The Labute approximate surface area is 172 Å². The van der Waals surface area contributed by atoms with Gasteiger partial charge < -0.3 is 25.0 Å². The van der Waals surface area contributed by atoms with E-state index in [1.165, 1.54) is 0 Å². The number of hydrogen-bond acceptors (Lipinski definition) is 4. The smallest absolute Gasteiger partial charge is 0.253 e. The SMILES string of the molecule is CN=C(NCCc1ccc(OC)c(OC)c1)NCc1ccc(C(=O)N(C)C)cc1. The van der Waals surface area contributed by atoms with Crippen LogP contribution in [0.2, 0.25) is 0 Å². The van der Waals surface area contributed by atoms with E-state index in [0.29, 0.717) is 12.1 Å². The Kier molecular flexibility index (Phi) is 8.33. The fourth-order valence-electron chi connectivity index (χ4n) is 2.79. The first-order valence-electron chi connectivity index (χ1n) is 9.44. The molecule has 0 heterocycles. The van der Waals surface area contributed by atoms with Gasteiger partial charge in [0, 0.05) is 39.8 Å². The van der Waals surface area contributed by atoms with Crippen LogP contribution in [0.1, 0.15) is 21.5 Å². The first-order chi connectivity index (χ1) is 14.0. The highest BCUT2D eigenvalue weighted by molar-refractivity contribution is 5.93. The highest BCUT2D eigenvalue weighted by Gasteiger charge is 2.08. The number of ether oxygens (including phenoxy) is 2. The van der Waals surface area contributed by atoms with Gasteiger partial charge in [0.2, 0.25) is 0 Å². The summed E-state index contributed by atoms with van der Waals surface area (Å²) in [4.78, 5) is 17.8. The van der Waals surface area contributed by atoms with Crippen molar-refractivity contribution in [1.29, 1.82) is 0 Å². The van der Waals surface area contributed by atoms with Gasteiger partial charge >= 0.3 is 0 Å². The maximum absolute atomic E-state index is 11.9. The number of nitrogens with one attached hydrogen (secondary N) is 2. The van der Waals surface area contributed by atoms with E-state index in [1.807, 2.05) is 42.5 Å². The average Bonchev–Trinajstić information content (AvgIpc) is 2.75. The van der Waals surface area contributed by atoms with Gasteiger partial charge in [-0.05, 0) is 41.8 Å². The zero-order chi connectivity index (χ0) is 21.2. The van der Waals surface area contributed by atoms with Crippen molar-refractivity contribution in [2.24, 2.45) is 4.99 Å². The molecule has 0 bridgehead atoms. The van der Waals surface area contributed by atoms with Crippen LogP contribution in [0.5, 0.6) is 11.5 Å². The molecule has 7 heteroatoms. The molecule has 0 radical (unpaired) electrons. The molecule has 7 nitrogen and oxygen atoms in total. The monoisotopic (exact) mass is 398 g/mol. The van der Waals surface area contributed by atoms with E-state index >= 15 is 0 Å². The average molecular weight is 399 g/mol. The zero-order valence-corrected chi connectivity index (χ0v) is 17.8. The lowest BCUT2D eigenvalue weighted by atomic mass is 10.1. The maximum atomic E-state index is 11.9. The Hall–Kier alpha value is -3.22. The van der Waals surface area contributed by atoms with Crippen LogP contribution < -0.4 is 20.1 Å². The van der Waals surface area contributed by atoms with Gasteiger partial charge in [0.25, 0.3) is 5.91 Å². The van der Waals surface area contributed by atoms with E-state index in [4.69, 9.17) is 9.47 Å². The van der Waals surface area contributed by atoms with Crippen molar-refractivity contribution < 1.29 is 14.3 Å². The number of carbonyl (C=O) groups excluding carboxylic acids is 1. The third-order valence-corrected chi connectivity index (χ3v) is 4.44. The van der Waals surface area contributed by atoms with Crippen molar-refractivity contribution in [3.63, 3.8) is 0 Å². The molecule has 156 valence electrons. The summed E-state index contributed by atoms with van der Waals surface area (Å²) in [6, 6.07) is 13.5. The Balaban J connectivity index is 1.83. The molecule has 0 atom stereocenters. The van der Waals surface area contributed by atoms with Crippen molar-refractivity contribution in [2.45, 2.75) is 13.0 Å². The van der Waals surface area contributed by atoms with Crippen LogP contribution in [0.4, 0.5) is 0 Å². The van der Waals surface area contributed by atoms with Crippen molar-refractivity contribution >= 4 is 11.9 Å². The molecule has 2 N–H and O–H groups in total. The second kappa shape index (κ2) is 10.9. The number of amides is 1. The molecule has 0 saturated heterocycles. The molecule has 0 fully saturated rings. The number of aliphatic imine (C=N–C) groups is 1. The quantitative estimate of drug-likeness (QED) is 0.527. The molecular formula is C22H30N4O3. The number of guanidine groups is 1. The lowest BCUT2D eigenvalue weighted by Crippen LogP contribution is -2.37. The molecule has 0 aliphatic carbocycles. The second-order valence-electron chi connectivity index (χ2n) is 6.69. The number of rotatable bonds is 8. The third kappa shape index (κ3) is 6.41. The molecule has 29 heavy (non-hydrogen) atoms. The minimum absolute atomic E-state index is 0.00264. The van der Waals surface area contributed by atoms with E-state index in [9.17, 15) is 4.79 Å². The Bertz CT molecular complexity index is 832. The molecule has 0 aliphatic rings. The highest BCUT2D eigenvalue weighted by atomic mass is 16.5. The number of hydrogen-bond donors (Lipinski definition) is 2. The summed E-state index contributed by atoms with van der Waals surface area (Å²) in [7, 11) is 8.49. The van der Waals surface area contributed by atoms with Crippen LogP contribution >= 0.6 is 0 Å². The van der Waals surface area contributed by atoms with Gasteiger partial charge in [-0.15, -0.1) is 0 Å². The standard InChI is InChI=1S/C22H30N4O3/c1-23-22(24-13-12-16-8-11-19(28-4)20(14-16)29-5)25-15-17-6-9-18(10-7-17)21(27)26(2)3/h6-11,14H,12-13,15H2,1-5H3,(H2,23,24,25). The molecule has 0 spiro atoms. The van der Waals surface area contributed by atoms with Crippen LogP contribution in [0.15, 0.2) is 47.5 Å². The van der Waals surface area contributed by atoms with Crippen LogP contribution in [0, 0.1) is 0 Å². The van der Waals surface area contributed by atoms with Gasteiger partial charge in [-0.3, -0.25) is 9.79 Å². The van der Waals surface area contributed by atoms with Crippen LogP contribution in [-0.2, 0) is 13.0 Å². The first kappa shape index (κ1) is 22.1. The summed E-state index contributed by atoms with van der Waals surface area (Å²) in [6.45, 7) is 1.35. The van der Waals surface area contributed by atoms with Crippen LogP contribution in [0.25, 0.3) is 0 Å². The molecule has 1 amide bonds. The summed E-state index contributed by atoms with van der Waals surface area (Å²) in [5.41, 5.74) is 2.89. The minimum atomic E-state index is -0.00264. The van der Waals surface area contributed by atoms with Crippen LogP contribution in [0.3, 0.4) is 0 Å². The summed E-state index contributed by atoms with van der Waals surface area (Å²) in [5.74, 6) is 2.17. The van der Waals surface area contributed by atoms with E-state index in [1.54, 1.807) is 40.3 Å². The van der Waals surface area contributed by atoms with Crippen molar-refractivity contribution in [1.82, 2.24) is 15.5 Å². The van der Waals surface area contributed by atoms with Crippen molar-refractivity contribution in [3.05, 3.63) is 59.2 Å². The summed E-state index contributed by atoms with van der Waals surface area (Å²) in [6.07, 6.45) is 0.822. The molecule has 2 aromatic rings. The molecule has 0 saturated carbocycles. The Morgan fingerprint density at radius 3 is 2.21 bits per heavy atom. The van der Waals surface area contributed by atoms with E-state index in [0.717, 1.165) is 41.6 Å². The van der Waals surface area contributed by atoms with Gasteiger partial charge in [-0.1, -0.05) is 18.2 Å². The molecule has 0 aromatic heterocycles. The molecule has 0 unspecified atom stereocenters. The Morgan fingerprint density at radius 2 is 1.62 bits per heavy atom. The fourth-order valence-corrected chi connectivity index (χ4v) is 2.79. The lowest BCUT2D eigenvalue weighted by molar-refractivity contribution is 0.0827. The summed E-state index contributed by atoms with van der Waals surface area (Å²) >= 11 is 0. The largest absolute Gasteiger partial charge is 0.493 e. The number of benzene rings is 2. The van der Waals surface area contributed by atoms with Gasteiger partial charge in [0.1, 0.15) is 0 Å².